The molecule has 0 aromatic carbocycles. The van der Waals surface area contributed by atoms with Crippen LogP contribution < -0.4 is 0 Å². The molecule has 0 aliphatic rings. The monoisotopic (exact) mass is 318 g/mol. The van der Waals surface area contributed by atoms with Gasteiger partial charge in [-0.25, -0.2) is 16.8 Å². The maximum Gasteiger partial charge on any atom is 2.00 e. The molecule has 0 aliphatic heterocycles. The van der Waals surface area contributed by atoms with Gasteiger partial charge in [0.15, 0.2) is 0 Å². The minimum Gasteiger partial charge on any atom is -0.725 e. The quantitative estimate of drug-likeness (QED) is 0.368. The van der Waals surface area contributed by atoms with Crippen molar-refractivity contribution in [3.8, 4) is 0 Å². The molecule has 0 atom stereocenters. The summed E-state index contributed by atoms with van der Waals surface area (Å²) in [5, 5.41) is 0. The summed E-state index contributed by atoms with van der Waals surface area (Å²) < 4.78 is 60.2. The van der Waals surface area contributed by atoms with Crippen LogP contribution in [0.4, 0.5) is 0 Å². The number of hydrogen-bond donors (Lipinski definition) is 0. The topological polar surface area (TPSA) is 133 Å². The van der Waals surface area contributed by atoms with Crippen molar-refractivity contribution in [2.45, 2.75) is 0 Å². The molecule has 8 nitrogen and oxygen atoms in total. The van der Waals surface area contributed by atoms with Gasteiger partial charge in [-0.05, 0) is 0 Å². The van der Waals surface area contributed by atoms with Gasteiger partial charge in [0.25, 0.3) is 0 Å². The maximum absolute atomic E-state index is 9.09. The Morgan fingerprint density at radius 3 is 0.923 bits per heavy atom. The van der Waals surface area contributed by atoms with Crippen LogP contribution in [-0.4, -0.2) is 25.9 Å². The van der Waals surface area contributed by atoms with E-state index < -0.39 is 20.8 Å². The van der Waals surface area contributed by atoms with E-state index in [1.165, 1.54) is 0 Å². The van der Waals surface area contributed by atoms with Crippen LogP contribution >= 0.6 is 23.7 Å². The average Bonchev–Trinajstić information content (AvgIpc) is 1.86. The summed E-state index contributed by atoms with van der Waals surface area (Å²) >= 11 is 8.15. The predicted octanol–water partition coefficient (Wildman–Crippen LogP) is -0.768. The van der Waals surface area contributed by atoms with Crippen molar-refractivity contribution in [2.75, 3.05) is 0 Å². The third kappa shape index (κ3) is 32.2. The van der Waals surface area contributed by atoms with Crippen molar-refractivity contribution in [2.24, 2.45) is 0 Å². The Hall–Kier alpha value is 0.839. The largest absolute Gasteiger partial charge is 2.00 e. The Labute approximate surface area is 94.8 Å². The summed E-state index contributed by atoms with van der Waals surface area (Å²) in [5.74, 6) is 0. The van der Waals surface area contributed by atoms with Crippen LogP contribution in [0.15, 0.2) is 0 Å². The van der Waals surface area contributed by atoms with Gasteiger partial charge in [0.1, 0.15) is 0 Å². The van der Waals surface area contributed by atoms with Gasteiger partial charge in [-0.1, -0.05) is 0 Å². The first-order chi connectivity index (χ1) is 5.12. The SMILES string of the molecule is O=S(=O)([O-])OCl.O=S(=O)([O-])OCl.[Fe+2]. The van der Waals surface area contributed by atoms with Crippen LogP contribution in [0.2, 0.25) is 0 Å². The minimum absolute atomic E-state index is 0. The summed E-state index contributed by atoms with van der Waals surface area (Å²) in [6.45, 7) is 0. The van der Waals surface area contributed by atoms with Crippen molar-refractivity contribution < 1.29 is 50.5 Å². The number of hydrogen-bond acceptors (Lipinski definition) is 8. The Kier molecular flexibility index (Phi) is 12.2. The molecule has 0 N–H and O–H groups in total. The van der Waals surface area contributed by atoms with Crippen molar-refractivity contribution in [3.05, 3.63) is 0 Å². The first kappa shape index (κ1) is 19.4. The van der Waals surface area contributed by atoms with Gasteiger partial charge in [0, 0.05) is 0 Å². The molecule has 13 heavy (non-hydrogen) atoms. The van der Waals surface area contributed by atoms with E-state index in [1.54, 1.807) is 0 Å². The van der Waals surface area contributed by atoms with Crippen LogP contribution in [-0.2, 0) is 45.3 Å². The van der Waals surface area contributed by atoms with Crippen molar-refractivity contribution in [3.63, 3.8) is 0 Å². The van der Waals surface area contributed by atoms with Crippen LogP contribution in [0, 0.1) is 0 Å². The molecule has 0 heterocycles. The first-order valence-corrected chi connectivity index (χ1v) is 4.93. The summed E-state index contributed by atoms with van der Waals surface area (Å²) in [7, 11) is -9.29. The van der Waals surface area contributed by atoms with Gasteiger partial charge in [0.2, 0.25) is 20.8 Å². The Balaban J connectivity index is -0.000000143. The predicted molar refractivity (Wildman–Crippen MR) is 33.3 cm³/mol. The average molecular weight is 319 g/mol. The Morgan fingerprint density at radius 2 is 0.923 bits per heavy atom. The Morgan fingerprint density at radius 1 is 0.846 bits per heavy atom. The molecule has 0 aliphatic carbocycles. The minimum atomic E-state index is -4.65. The van der Waals surface area contributed by atoms with Gasteiger partial charge in [-0.3, -0.25) is 0 Å². The molecular weight excluding hydrogens is 319 g/mol. The van der Waals surface area contributed by atoms with Crippen LogP contribution in [0.1, 0.15) is 0 Å². The van der Waals surface area contributed by atoms with E-state index >= 15 is 0 Å². The molecule has 0 amide bonds. The van der Waals surface area contributed by atoms with E-state index in [1.807, 2.05) is 0 Å². The molecule has 0 unspecified atom stereocenters. The fourth-order valence-electron chi connectivity index (χ4n) is 0. The number of rotatable bonds is 2. The second-order valence-electron chi connectivity index (χ2n) is 0.942. The fraction of sp³-hybridized carbons (Fsp3) is 0. The summed E-state index contributed by atoms with van der Waals surface area (Å²) in [5.41, 5.74) is 0. The van der Waals surface area contributed by atoms with E-state index in [4.69, 9.17) is 25.9 Å². The molecule has 0 saturated carbocycles. The van der Waals surface area contributed by atoms with Gasteiger partial charge in [-0.15, -0.1) is 0 Å². The van der Waals surface area contributed by atoms with Crippen molar-refractivity contribution >= 4 is 44.5 Å². The van der Waals surface area contributed by atoms with E-state index in [2.05, 4.69) is 31.2 Å². The van der Waals surface area contributed by atoms with Crippen LogP contribution in [0.25, 0.3) is 0 Å². The van der Waals surface area contributed by atoms with Gasteiger partial charge in [0.05, 0.1) is 23.7 Å². The molecular formula is Cl2FeO8S2. The molecule has 0 spiro atoms. The van der Waals surface area contributed by atoms with E-state index in [0.29, 0.717) is 0 Å². The zero-order valence-electron chi connectivity index (χ0n) is 5.19. The third-order valence-electron chi connectivity index (χ3n) is 0.154. The summed E-state index contributed by atoms with van der Waals surface area (Å²) in [6, 6.07) is 0. The molecule has 0 fully saturated rings. The molecule has 0 saturated heterocycles. The molecule has 0 aromatic rings. The summed E-state index contributed by atoms with van der Waals surface area (Å²) in [4.78, 5) is 0. The second-order valence-corrected chi connectivity index (χ2v) is 3.58. The van der Waals surface area contributed by atoms with Crippen LogP contribution in [0.5, 0.6) is 0 Å². The van der Waals surface area contributed by atoms with Gasteiger partial charge < -0.3 is 9.11 Å². The molecule has 13 heteroatoms. The molecule has 0 aromatic heterocycles. The zero-order valence-corrected chi connectivity index (χ0v) is 9.44. The van der Waals surface area contributed by atoms with Crippen molar-refractivity contribution in [1.29, 1.82) is 0 Å². The van der Waals surface area contributed by atoms with E-state index in [-0.39, 0.29) is 17.1 Å². The van der Waals surface area contributed by atoms with Crippen molar-refractivity contribution in [1.82, 2.24) is 0 Å². The standard InChI is InChI=1S/2ClHO4S.Fe/c2*1-5-6(2,3)4;/h2*(H,2,3,4);/q;;+2/p-2. The molecule has 0 rings (SSSR count). The smallest absolute Gasteiger partial charge is 0.725 e. The van der Waals surface area contributed by atoms with E-state index in [9.17, 15) is 0 Å². The maximum atomic E-state index is 9.09. The fourth-order valence-corrected chi connectivity index (χ4v) is 0. The first-order valence-electron chi connectivity index (χ1n) is 1.64. The second kappa shape index (κ2) is 8.17. The molecule has 82 valence electrons. The molecule has 0 bridgehead atoms. The van der Waals surface area contributed by atoms with Gasteiger partial charge >= 0.3 is 17.1 Å². The number of halogens is 2. The summed E-state index contributed by atoms with van der Waals surface area (Å²) in [6.07, 6.45) is 0. The zero-order chi connectivity index (χ0) is 10.4. The Bertz CT molecular complexity index is 256. The third-order valence-corrected chi connectivity index (χ3v) is 1.39. The molecule has 0 radical (unpaired) electrons. The van der Waals surface area contributed by atoms with E-state index in [0.717, 1.165) is 0 Å². The normalized spacial score (nSPS) is 10.8. The van der Waals surface area contributed by atoms with Gasteiger partial charge in [-0.2, -0.15) is 7.47 Å². The van der Waals surface area contributed by atoms with Crippen LogP contribution in [0.3, 0.4) is 0 Å².